The molecule has 0 bridgehead atoms. The molecule has 0 saturated carbocycles. The number of nitrogens with zero attached hydrogens (tertiary/aromatic N) is 2. The van der Waals surface area contributed by atoms with Gasteiger partial charge in [-0.05, 0) is 19.1 Å². The van der Waals surface area contributed by atoms with Crippen molar-refractivity contribution in [3.63, 3.8) is 0 Å². The van der Waals surface area contributed by atoms with E-state index in [9.17, 15) is 9.59 Å². The first-order valence-corrected chi connectivity index (χ1v) is 6.68. The summed E-state index contributed by atoms with van der Waals surface area (Å²) in [5.41, 5.74) is 1.85. The summed E-state index contributed by atoms with van der Waals surface area (Å²) in [5, 5.41) is 3.69. The van der Waals surface area contributed by atoms with Crippen molar-refractivity contribution in [3.8, 4) is 0 Å². The van der Waals surface area contributed by atoms with E-state index in [0.29, 0.717) is 5.56 Å². The lowest BCUT2D eigenvalue weighted by molar-refractivity contribution is 0.0998. The van der Waals surface area contributed by atoms with Gasteiger partial charge in [0, 0.05) is 11.8 Å². The van der Waals surface area contributed by atoms with Gasteiger partial charge < -0.3 is 4.52 Å². The monoisotopic (exact) mass is 292 g/mol. The Hall–Kier alpha value is -3.08. The van der Waals surface area contributed by atoms with Crippen molar-refractivity contribution >= 4 is 11.6 Å². The second kappa shape index (κ2) is 5.73. The van der Waals surface area contributed by atoms with E-state index in [1.807, 2.05) is 19.1 Å². The number of hydrogen-bond donors (Lipinski definition) is 0. The maximum absolute atomic E-state index is 12.5. The first-order valence-electron chi connectivity index (χ1n) is 6.68. The summed E-state index contributed by atoms with van der Waals surface area (Å²) in [5.74, 6) is -0.745. The van der Waals surface area contributed by atoms with Gasteiger partial charge in [0.1, 0.15) is 12.0 Å². The molecule has 0 atom stereocenters. The number of rotatable bonds is 4. The summed E-state index contributed by atoms with van der Waals surface area (Å²) in [4.78, 5) is 28.9. The van der Waals surface area contributed by atoms with E-state index in [4.69, 9.17) is 4.52 Å². The van der Waals surface area contributed by atoms with Gasteiger partial charge in [0.15, 0.2) is 5.69 Å². The predicted octanol–water partition coefficient (Wildman–Crippen LogP) is 2.84. The van der Waals surface area contributed by atoms with E-state index in [1.54, 1.807) is 30.3 Å². The summed E-state index contributed by atoms with van der Waals surface area (Å²) in [6.07, 6.45) is 2.70. The molecule has 2 heterocycles. The molecular formula is C17H12N2O3. The molecule has 0 unspecified atom stereocenters. The SMILES string of the molecule is Cc1ccc(C(=O)c2nocc2C(=O)c2ccccn2)cc1. The number of carbonyl (C=O) groups excluding carboxylic acids is 2. The van der Waals surface area contributed by atoms with E-state index < -0.39 is 5.78 Å². The van der Waals surface area contributed by atoms with Crippen LogP contribution in [0.25, 0.3) is 0 Å². The first kappa shape index (κ1) is 13.9. The fourth-order valence-electron chi connectivity index (χ4n) is 2.04. The van der Waals surface area contributed by atoms with E-state index in [-0.39, 0.29) is 22.7 Å². The van der Waals surface area contributed by atoms with Crippen molar-refractivity contribution in [1.29, 1.82) is 0 Å². The van der Waals surface area contributed by atoms with Crippen molar-refractivity contribution in [2.45, 2.75) is 6.92 Å². The molecule has 3 aromatic rings. The minimum atomic E-state index is -0.391. The fraction of sp³-hybridized carbons (Fsp3) is 0.0588. The van der Waals surface area contributed by atoms with Crippen molar-refractivity contribution in [3.05, 3.63) is 83.0 Å². The summed E-state index contributed by atoms with van der Waals surface area (Å²) < 4.78 is 4.84. The van der Waals surface area contributed by atoms with E-state index in [2.05, 4.69) is 10.1 Å². The average molecular weight is 292 g/mol. The van der Waals surface area contributed by atoms with Gasteiger partial charge in [-0.25, -0.2) is 0 Å². The Kier molecular flexibility index (Phi) is 3.62. The summed E-state index contributed by atoms with van der Waals surface area (Å²) in [6, 6.07) is 12.0. The fourth-order valence-corrected chi connectivity index (χ4v) is 2.04. The van der Waals surface area contributed by atoms with Crippen molar-refractivity contribution in [2.24, 2.45) is 0 Å². The van der Waals surface area contributed by atoms with Crippen LogP contribution in [0, 0.1) is 6.92 Å². The zero-order valence-corrected chi connectivity index (χ0v) is 11.8. The first-order chi connectivity index (χ1) is 10.7. The van der Waals surface area contributed by atoms with Crippen LogP contribution < -0.4 is 0 Å². The highest BCUT2D eigenvalue weighted by molar-refractivity contribution is 6.17. The normalized spacial score (nSPS) is 10.4. The third kappa shape index (κ3) is 2.56. The molecule has 0 radical (unpaired) electrons. The molecule has 0 aliphatic heterocycles. The predicted molar refractivity (Wildman–Crippen MR) is 78.8 cm³/mol. The number of aryl methyl sites for hydroxylation is 1. The number of pyridine rings is 1. The van der Waals surface area contributed by atoms with Crippen LogP contribution in [0.2, 0.25) is 0 Å². The highest BCUT2D eigenvalue weighted by Gasteiger charge is 2.24. The van der Waals surface area contributed by atoms with Gasteiger partial charge in [-0.3, -0.25) is 14.6 Å². The van der Waals surface area contributed by atoms with Crippen LogP contribution in [0.4, 0.5) is 0 Å². The lowest BCUT2D eigenvalue weighted by Crippen LogP contribution is -2.11. The largest absolute Gasteiger partial charge is 0.363 e. The molecule has 5 nitrogen and oxygen atoms in total. The molecule has 5 heteroatoms. The van der Waals surface area contributed by atoms with Gasteiger partial charge in [-0.2, -0.15) is 0 Å². The topological polar surface area (TPSA) is 73.1 Å². The van der Waals surface area contributed by atoms with Crippen molar-refractivity contribution < 1.29 is 14.1 Å². The number of aromatic nitrogens is 2. The number of benzene rings is 1. The Labute approximate surface area is 126 Å². The van der Waals surface area contributed by atoms with Gasteiger partial charge in [0.05, 0.1) is 5.56 Å². The van der Waals surface area contributed by atoms with Gasteiger partial charge in [-0.1, -0.05) is 41.1 Å². The lowest BCUT2D eigenvalue weighted by atomic mass is 10.0. The van der Waals surface area contributed by atoms with Crippen LogP contribution in [0.15, 0.2) is 59.4 Å². The molecule has 3 rings (SSSR count). The summed E-state index contributed by atoms with van der Waals surface area (Å²) in [7, 11) is 0. The highest BCUT2D eigenvalue weighted by Crippen LogP contribution is 2.16. The van der Waals surface area contributed by atoms with Gasteiger partial charge >= 0.3 is 0 Å². The van der Waals surface area contributed by atoms with E-state index in [1.165, 1.54) is 12.5 Å². The molecule has 2 aromatic heterocycles. The summed E-state index contributed by atoms with van der Waals surface area (Å²) >= 11 is 0. The molecule has 0 amide bonds. The smallest absolute Gasteiger partial charge is 0.217 e. The number of ketones is 2. The highest BCUT2D eigenvalue weighted by atomic mass is 16.5. The molecule has 0 aliphatic rings. The molecule has 0 spiro atoms. The Morgan fingerprint density at radius 1 is 1.00 bits per heavy atom. The minimum absolute atomic E-state index is 0.000457. The zero-order valence-electron chi connectivity index (χ0n) is 11.8. The van der Waals surface area contributed by atoms with Gasteiger partial charge in [0.25, 0.3) is 0 Å². The van der Waals surface area contributed by atoms with Crippen LogP contribution in [0.1, 0.15) is 37.7 Å². The summed E-state index contributed by atoms with van der Waals surface area (Å²) in [6.45, 7) is 1.93. The standard InChI is InChI=1S/C17H12N2O3/c1-11-5-7-12(8-6-11)16(20)15-13(10-22-19-15)17(21)14-4-2-3-9-18-14/h2-10H,1H3. The molecule has 108 valence electrons. The minimum Gasteiger partial charge on any atom is -0.363 e. The number of hydrogen-bond acceptors (Lipinski definition) is 5. The maximum atomic E-state index is 12.5. The van der Waals surface area contributed by atoms with E-state index >= 15 is 0 Å². The van der Waals surface area contributed by atoms with Crippen molar-refractivity contribution in [1.82, 2.24) is 10.1 Å². The molecule has 0 N–H and O–H groups in total. The van der Waals surface area contributed by atoms with Crippen LogP contribution in [0.3, 0.4) is 0 Å². The van der Waals surface area contributed by atoms with Crippen LogP contribution in [-0.2, 0) is 0 Å². The molecule has 22 heavy (non-hydrogen) atoms. The van der Waals surface area contributed by atoms with Gasteiger partial charge in [-0.15, -0.1) is 0 Å². The van der Waals surface area contributed by atoms with Crippen LogP contribution in [0.5, 0.6) is 0 Å². The molecule has 0 aliphatic carbocycles. The zero-order chi connectivity index (χ0) is 15.5. The molecule has 1 aromatic carbocycles. The second-order valence-corrected chi connectivity index (χ2v) is 4.82. The van der Waals surface area contributed by atoms with E-state index in [0.717, 1.165) is 5.56 Å². The molecule has 0 fully saturated rings. The van der Waals surface area contributed by atoms with Crippen molar-refractivity contribution in [2.75, 3.05) is 0 Å². The third-order valence-corrected chi connectivity index (χ3v) is 3.24. The Morgan fingerprint density at radius 3 is 2.45 bits per heavy atom. The van der Waals surface area contributed by atoms with Gasteiger partial charge in [0.2, 0.25) is 11.6 Å². The second-order valence-electron chi connectivity index (χ2n) is 4.82. The Morgan fingerprint density at radius 2 is 1.77 bits per heavy atom. The lowest BCUT2D eigenvalue weighted by Gasteiger charge is -2.01. The quantitative estimate of drug-likeness (QED) is 0.691. The van der Waals surface area contributed by atoms with Crippen LogP contribution in [-0.4, -0.2) is 21.7 Å². The number of carbonyl (C=O) groups is 2. The molecular weight excluding hydrogens is 280 g/mol. The van der Waals surface area contributed by atoms with Crippen LogP contribution >= 0.6 is 0 Å². The third-order valence-electron chi connectivity index (χ3n) is 3.24. The molecule has 0 saturated heterocycles. The maximum Gasteiger partial charge on any atom is 0.217 e. The average Bonchev–Trinajstić information content (AvgIpc) is 3.04. The Balaban J connectivity index is 1.97. The Bertz CT molecular complexity index is 821.